The van der Waals surface area contributed by atoms with E-state index in [4.69, 9.17) is 30.3 Å². The molecule has 0 atom stereocenters. The molecule has 0 radical (unpaired) electrons. The van der Waals surface area contributed by atoms with Crippen molar-refractivity contribution in [1.29, 1.82) is 0 Å². The molecule has 0 spiro atoms. The zero-order valence-corrected chi connectivity index (χ0v) is 14.6. The van der Waals surface area contributed by atoms with E-state index in [0.717, 1.165) is 5.56 Å². The van der Waals surface area contributed by atoms with Gasteiger partial charge in [0.1, 0.15) is 11.5 Å². The molecule has 2 aromatic carbocycles. The van der Waals surface area contributed by atoms with Gasteiger partial charge in [-0.1, -0.05) is 35.0 Å². The molecule has 26 heavy (non-hydrogen) atoms. The van der Waals surface area contributed by atoms with Crippen LogP contribution in [0.2, 0.25) is 5.02 Å². The fourth-order valence-electron chi connectivity index (χ4n) is 2.08. The highest BCUT2D eigenvalue weighted by atomic mass is 35.5. The number of rotatable bonds is 7. The quantitative estimate of drug-likeness (QED) is 0.585. The Balaban J connectivity index is 1.52. The largest absolute Gasteiger partial charge is 0.497 e. The van der Waals surface area contributed by atoms with Crippen molar-refractivity contribution in [3.63, 3.8) is 0 Å². The smallest absolute Gasteiger partial charge is 0.344 e. The van der Waals surface area contributed by atoms with Crippen molar-refractivity contribution in [1.82, 2.24) is 10.1 Å². The lowest BCUT2D eigenvalue weighted by Crippen LogP contribution is -2.14. The fraction of sp³-hybridized carbons (Fsp3) is 0.167. The van der Waals surface area contributed by atoms with Gasteiger partial charge in [0.05, 0.1) is 7.11 Å². The van der Waals surface area contributed by atoms with Gasteiger partial charge in [-0.3, -0.25) is 0 Å². The van der Waals surface area contributed by atoms with E-state index in [2.05, 4.69) is 10.1 Å². The number of nitrogens with zero attached hydrogens (tertiary/aromatic N) is 2. The first-order valence-electron chi connectivity index (χ1n) is 7.65. The summed E-state index contributed by atoms with van der Waals surface area (Å²) in [5, 5.41) is 4.38. The molecular formula is C18H15ClN2O5. The van der Waals surface area contributed by atoms with E-state index in [1.165, 1.54) is 0 Å². The van der Waals surface area contributed by atoms with Crippen LogP contribution in [0, 0.1) is 0 Å². The van der Waals surface area contributed by atoms with Crippen molar-refractivity contribution in [2.75, 3.05) is 13.7 Å². The maximum absolute atomic E-state index is 11.7. The zero-order valence-electron chi connectivity index (χ0n) is 13.8. The van der Waals surface area contributed by atoms with Gasteiger partial charge in [-0.05, 0) is 30.3 Å². The number of esters is 1. The van der Waals surface area contributed by atoms with Gasteiger partial charge in [-0.2, -0.15) is 4.98 Å². The van der Waals surface area contributed by atoms with Crippen LogP contribution in [0.1, 0.15) is 5.89 Å². The number of aromatic nitrogens is 2. The van der Waals surface area contributed by atoms with Crippen molar-refractivity contribution in [2.24, 2.45) is 0 Å². The first kappa shape index (κ1) is 17.8. The molecule has 0 aliphatic carbocycles. The molecule has 1 heterocycles. The number of ether oxygens (including phenoxy) is 3. The number of methoxy groups -OCH3 is 1. The van der Waals surface area contributed by atoms with Crippen molar-refractivity contribution < 1.29 is 23.5 Å². The summed E-state index contributed by atoms with van der Waals surface area (Å²) in [6.45, 7) is -0.397. The zero-order chi connectivity index (χ0) is 18.4. The third-order valence-electron chi connectivity index (χ3n) is 3.31. The standard InChI is InChI=1S/C18H15ClN2O5/c1-23-14-6-2-4-12(8-14)18-20-16(26-21-18)10-25-17(22)11-24-15-7-3-5-13(19)9-15/h2-9H,10-11H2,1H3. The molecule has 0 amide bonds. The number of benzene rings is 2. The summed E-state index contributed by atoms with van der Waals surface area (Å²) in [6, 6.07) is 14.0. The Hall–Kier alpha value is -3.06. The summed E-state index contributed by atoms with van der Waals surface area (Å²) < 4.78 is 20.6. The minimum atomic E-state index is -0.564. The van der Waals surface area contributed by atoms with Gasteiger partial charge in [-0.25, -0.2) is 4.79 Å². The van der Waals surface area contributed by atoms with Gasteiger partial charge < -0.3 is 18.7 Å². The molecular weight excluding hydrogens is 360 g/mol. The number of hydrogen-bond acceptors (Lipinski definition) is 7. The molecule has 0 bridgehead atoms. The molecule has 3 aromatic rings. The third-order valence-corrected chi connectivity index (χ3v) is 3.54. The van der Waals surface area contributed by atoms with Gasteiger partial charge in [0.2, 0.25) is 5.82 Å². The van der Waals surface area contributed by atoms with E-state index in [1.807, 2.05) is 18.2 Å². The summed E-state index contributed by atoms with van der Waals surface area (Å²) in [4.78, 5) is 15.9. The molecule has 0 saturated carbocycles. The molecule has 0 N–H and O–H groups in total. The lowest BCUT2D eigenvalue weighted by atomic mass is 10.2. The lowest BCUT2D eigenvalue weighted by Gasteiger charge is -2.05. The van der Waals surface area contributed by atoms with Crippen LogP contribution in [0.15, 0.2) is 53.1 Å². The Labute approximate surface area is 154 Å². The molecule has 7 nitrogen and oxygen atoms in total. The van der Waals surface area contributed by atoms with Crippen LogP contribution in [0.3, 0.4) is 0 Å². The average Bonchev–Trinajstić information content (AvgIpc) is 3.14. The predicted octanol–water partition coefficient (Wildman–Crippen LogP) is 3.52. The molecule has 0 unspecified atom stereocenters. The predicted molar refractivity (Wildman–Crippen MR) is 93.0 cm³/mol. The molecule has 1 aromatic heterocycles. The highest BCUT2D eigenvalue weighted by Gasteiger charge is 2.12. The van der Waals surface area contributed by atoms with Crippen LogP contribution in [0.5, 0.6) is 11.5 Å². The first-order chi connectivity index (χ1) is 12.6. The van der Waals surface area contributed by atoms with Crippen molar-refractivity contribution in [2.45, 2.75) is 6.61 Å². The van der Waals surface area contributed by atoms with Crippen molar-refractivity contribution in [3.8, 4) is 22.9 Å². The highest BCUT2D eigenvalue weighted by Crippen LogP contribution is 2.21. The van der Waals surface area contributed by atoms with Crippen molar-refractivity contribution in [3.05, 3.63) is 59.4 Å². The van der Waals surface area contributed by atoms with Crippen LogP contribution in [-0.2, 0) is 16.1 Å². The SMILES string of the molecule is COc1cccc(-c2noc(COC(=O)COc3cccc(Cl)c3)n2)c1. The number of hydrogen-bond donors (Lipinski definition) is 0. The van der Waals surface area contributed by atoms with Crippen LogP contribution in [-0.4, -0.2) is 29.8 Å². The second-order valence-corrected chi connectivity index (χ2v) is 5.59. The summed E-state index contributed by atoms with van der Waals surface area (Å²) >= 11 is 5.84. The van der Waals surface area contributed by atoms with Gasteiger partial charge >= 0.3 is 5.97 Å². The fourth-order valence-corrected chi connectivity index (χ4v) is 2.26. The molecule has 8 heteroatoms. The van der Waals surface area contributed by atoms with Gasteiger partial charge in [0.15, 0.2) is 13.2 Å². The maximum Gasteiger partial charge on any atom is 0.344 e. The molecule has 0 saturated heterocycles. The summed E-state index contributed by atoms with van der Waals surface area (Å²) in [6.07, 6.45) is 0. The second kappa shape index (κ2) is 8.35. The van der Waals surface area contributed by atoms with Crippen molar-refractivity contribution >= 4 is 17.6 Å². The van der Waals surface area contributed by atoms with E-state index in [1.54, 1.807) is 37.4 Å². The van der Waals surface area contributed by atoms with Gasteiger partial charge in [0, 0.05) is 10.6 Å². The third kappa shape index (κ3) is 4.73. The molecule has 134 valence electrons. The number of halogens is 1. The monoisotopic (exact) mass is 374 g/mol. The number of carbonyl (C=O) groups excluding carboxylic acids is 1. The topological polar surface area (TPSA) is 83.7 Å². The Morgan fingerprint density at radius 2 is 1.96 bits per heavy atom. The number of carbonyl (C=O) groups is 1. The second-order valence-electron chi connectivity index (χ2n) is 5.15. The highest BCUT2D eigenvalue weighted by molar-refractivity contribution is 6.30. The van der Waals surface area contributed by atoms with E-state index in [0.29, 0.717) is 22.3 Å². The van der Waals surface area contributed by atoms with Crippen LogP contribution < -0.4 is 9.47 Å². The van der Waals surface area contributed by atoms with Crippen LogP contribution >= 0.6 is 11.6 Å². The van der Waals surface area contributed by atoms with E-state index >= 15 is 0 Å². The summed E-state index contributed by atoms with van der Waals surface area (Å²) in [5.74, 6) is 1.15. The summed E-state index contributed by atoms with van der Waals surface area (Å²) in [7, 11) is 1.58. The summed E-state index contributed by atoms with van der Waals surface area (Å²) in [5.41, 5.74) is 0.731. The Morgan fingerprint density at radius 1 is 1.15 bits per heavy atom. The van der Waals surface area contributed by atoms with Crippen LogP contribution in [0.4, 0.5) is 0 Å². The van der Waals surface area contributed by atoms with E-state index in [-0.39, 0.29) is 19.1 Å². The molecule has 3 rings (SSSR count). The van der Waals surface area contributed by atoms with Crippen LogP contribution in [0.25, 0.3) is 11.4 Å². The minimum Gasteiger partial charge on any atom is -0.497 e. The maximum atomic E-state index is 11.7. The molecule has 0 aliphatic rings. The normalized spacial score (nSPS) is 10.4. The Morgan fingerprint density at radius 3 is 2.77 bits per heavy atom. The lowest BCUT2D eigenvalue weighted by molar-refractivity contribution is -0.148. The first-order valence-corrected chi connectivity index (χ1v) is 8.03. The van der Waals surface area contributed by atoms with E-state index in [9.17, 15) is 4.79 Å². The molecule has 0 fully saturated rings. The Kier molecular flexibility index (Phi) is 5.70. The van der Waals surface area contributed by atoms with Gasteiger partial charge in [0.25, 0.3) is 5.89 Å². The van der Waals surface area contributed by atoms with E-state index < -0.39 is 5.97 Å². The molecule has 0 aliphatic heterocycles. The Bertz CT molecular complexity index is 897. The minimum absolute atomic E-state index is 0.144. The average molecular weight is 375 g/mol. The van der Waals surface area contributed by atoms with Gasteiger partial charge in [-0.15, -0.1) is 0 Å².